The molecular formula is C17H13N3S. The monoisotopic (exact) mass is 291 g/mol. The van der Waals surface area contributed by atoms with Gasteiger partial charge < -0.3 is 4.98 Å². The summed E-state index contributed by atoms with van der Waals surface area (Å²) in [4.78, 5) is 12.2. The highest BCUT2D eigenvalue weighted by Gasteiger charge is 2.11. The Morgan fingerprint density at radius 3 is 3.00 bits per heavy atom. The number of thiazole rings is 1. The lowest BCUT2D eigenvalue weighted by Gasteiger charge is -1.97. The molecular weight excluding hydrogens is 278 g/mol. The zero-order valence-corrected chi connectivity index (χ0v) is 12.3. The molecule has 3 heterocycles. The molecule has 0 saturated carbocycles. The fourth-order valence-corrected chi connectivity index (χ4v) is 3.28. The van der Waals surface area contributed by atoms with Crippen molar-refractivity contribution in [1.82, 2.24) is 15.0 Å². The zero-order valence-electron chi connectivity index (χ0n) is 11.5. The first-order chi connectivity index (χ1) is 10.3. The van der Waals surface area contributed by atoms with Crippen molar-refractivity contribution in [3.8, 4) is 21.8 Å². The highest BCUT2D eigenvalue weighted by atomic mass is 32.1. The fraction of sp³-hybridized carbons (Fsp3) is 0.0588. The largest absolute Gasteiger partial charge is 0.360 e. The molecule has 0 aliphatic carbocycles. The summed E-state index contributed by atoms with van der Waals surface area (Å²) in [7, 11) is 0. The van der Waals surface area contributed by atoms with Crippen LogP contribution >= 0.6 is 11.3 Å². The van der Waals surface area contributed by atoms with Gasteiger partial charge in [0.15, 0.2) is 0 Å². The van der Waals surface area contributed by atoms with Crippen molar-refractivity contribution in [2.45, 2.75) is 6.92 Å². The first kappa shape index (κ1) is 12.3. The second kappa shape index (κ2) is 4.82. The third-order valence-electron chi connectivity index (χ3n) is 3.53. The highest BCUT2D eigenvalue weighted by molar-refractivity contribution is 7.13. The van der Waals surface area contributed by atoms with Crippen LogP contribution in [0.5, 0.6) is 0 Å². The van der Waals surface area contributed by atoms with Crippen LogP contribution in [0, 0.1) is 6.92 Å². The van der Waals surface area contributed by atoms with Crippen LogP contribution in [0.25, 0.3) is 32.7 Å². The van der Waals surface area contributed by atoms with E-state index in [4.69, 9.17) is 4.98 Å². The number of benzene rings is 1. The van der Waals surface area contributed by atoms with Crippen molar-refractivity contribution in [2.75, 3.05) is 0 Å². The fourth-order valence-electron chi connectivity index (χ4n) is 2.47. The van der Waals surface area contributed by atoms with Crippen LogP contribution in [-0.2, 0) is 0 Å². The minimum atomic E-state index is 1.00. The Labute approximate surface area is 126 Å². The van der Waals surface area contributed by atoms with Crippen LogP contribution in [0.1, 0.15) is 5.56 Å². The highest BCUT2D eigenvalue weighted by Crippen LogP contribution is 2.33. The Hall–Kier alpha value is -2.46. The topological polar surface area (TPSA) is 41.6 Å². The van der Waals surface area contributed by atoms with Crippen LogP contribution in [0.3, 0.4) is 0 Å². The lowest BCUT2D eigenvalue weighted by Crippen LogP contribution is -1.80. The van der Waals surface area contributed by atoms with E-state index in [0.29, 0.717) is 0 Å². The van der Waals surface area contributed by atoms with Gasteiger partial charge in [-0.2, -0.15) is 0 Å². The minimum Gasteiger partial charge on any atom is -0.360 e. The molecule has 4 heteroatoms. The Morgan fingerprint density at radius 1 is 1.19 bits per heavy atom. The molecule has 0 aliphatic heterocycles. The number of pyridine rings is 1. The minimum absolute atomic E-state index is 1.00. The first-order valence-corrected chi connectivity index (χ1v) is 7.63. The van der Waals surface area contributed by atoms with Crippen molar-refractivity contribution >= 4 is 22.2 Å². The lowest BCUT2D eigenvalue weighted by atomic mass is 10.1. The summed E-state index contributed by atoms with van der Waals surface area (Å²) >= 11 is 1.65. The second-order valence-electron chi connectivity index (χ2n) is 5.03. The van der Waals surface area contributed by atoms with Crippen molar-refractivity contribution in [3.63, 3.8) is 0 Å². The van der Waals surface area contributed by atoms with E-state index in [1.54, 1.807) is 17.5 Å². The molecule has 1 aromatic carbocycles. The Balaban J connectivity index is 1.83. The van der Waals surface area contributed by atoms with Gasteiger partial charge in [0.05, 0.1) is 5.69 Å². The van der Waals surface area contributed by atoms with Crippen LogP contribution in [0.4, 0.5) is 0 Å². The number of aromatic amines is 1. The summed E-state index contributed by atoms with van der Waals surface area (Å²) in [5.74, 6) is 0. The molecule has 0 unspecified atom stereocenters. The molecule has 3 aromatic heterocycles. The summed E-state index contributed by atoms with van der Waals surface area (Å²) in [6.45, 7) is 2.11. The third-order valence-corrected chi connectivity index (χ3v) is 4.42. The Kier molecular flexibility index (Phi) is 2.82. The summed E-state index contributed by atoms with van der Waals surface area (Å²) < 4.78 is 0. The number of aryl methyl sites for hydroxylation is 1. The normalized spacial score (nSPS) is 11.1. The standard InChI is InChI=1S/C17H13N3S/c1-11-4-5-15-13(7-11)14(9-19-15)16-10-21-17(20-16)12-3-2-6-18-8-12/h2-10,19H,1H3. The molecule has 0 aliphatic rings. The molecule has 0 bridgehead atoms. The van der Waals surface area contributed by atoms with Crippen molar-refractivity contribution < 1.29 is 0 Å². The van der Waals surface area contributed by atoms with Crippen LogP contribution in [-0.4, -0.2) is 15.0 Å². The van der Waals surface area contributed by atoms with E-state index < -0.39 is 0 Å². The molecule has 0 fully saturated rings. The van der Waals surface area contributed by atoms with Crippen LogP contribution < -0.4 is 0 Å². The second-order valence-corrected chi connectivity index (χ2v) is 5.89. The van der Waals surface area contributed by atoms with E-state index in [0.717, 1.165) is 27.3 Å². The zero-order chi connectivity index (χ0) is 14.2. The van der Waals surface area contributed by atoms with Crippen LogP contribution in [0.15, 0.2) is 54.3 Å². The van der Waals surface area contributed by atoms with Gasteiger partial charge in [-0.15, -0.1) is 11.3 Å². The predicted octanol–water partition coefficient (Wildman–Crippen LogP) is 4.66. The van der Waals surface area contributed by atoms with Crippen molar-refractivity contribution in [2.24, 2.45) is 0 Å². The van der Waals surface area contributed by atoms with Gasteiger partial charge in [0, 0.05) is 46.0 Å². The van der Waals surface area contributed by atoms with E-state index in [1.807, 2.05) is 24.5 Å². The molecule has 0 spiro atoms. The van der Waals surface area contributed by atoms with Gasteiger partial charge in [0.1, 0.15) is 5.01 Å². The van der Waals surface area contributed by atoms with Gasteiger partial charge in [-0.05, 0) is 31.2 Å². The Bertz CT molecular complexity index is 906. The number of nitrogens with one attached hydrogen (secondary N) is 1. The van der Waals surface area contributed by atoms with Gasteiger partial charge in [-0.3, -0.25) is 4.98 Å². The van der Waals surface area contributed by atoms with Crippen molar-refractivity contribution in [3.05, 3.63) is 59.9 Å². The molecule has 4 rings (SSSR count). The number of hydrogen-bond donors (Lipinski definition) is 1. The molecule has 0 saturated heterocycles. The van der Waals surface area contributed by atoms with Gasteiger partial charge in [-0.1, -0.05) is 11.6 Å². The molecule has 1 N–H and O–H groups in total. The summed E-state index contributed by atoms with van der Waals surface area (Å²) in [6.07, 6.45) is 5.66. The van der Waals surface area contributed by atoms with E-state index in [-0.39, 0.29) is 0 Å². The third kappa shape index (κ3) is 2.14. The number of aromatic nitrogens is 3. The molecule has 0 atom stereocenters. The molecule has 4 aromatic rings. The molecule has 0 amide bonds. The van der Waals surface area contributed by atoms with Gasteiger partial charge in [-0.25, -0.2) is 4.98 Å². The van der Waals surface area contributed by atoms with Gasteiger partial charge in [0.25, 0.3) is 0 Å². The average Bonchev–Trinajstić information content (AvgIpc) is 3.14. The molecule has 0 radical (unpaired) electrons. The maximum Gasteiger partial charge on any atom is 0.125 e. The van der Waals surface area contributed by atoms with Gasteiger partial charge in [0.2, 0.25) is 0 Å². The Morgan fingerprint density at radius 2 is 2.14 bits per heavy atom. The SMILES string of the molecule is Cc1ccc2[nH]cc(-c3csc(-c4cccnc4)n3)c2c1. The summed E-state index contributed by atoms with van der Waals surface area (Å²) in [6, 6.07) is 10.4. The maximum absolute atomic E-state index is 4.76. The number of hydrogen-bond acceptors (Lipinski definition) is 3. The summed E-state index contributed by atoms with van der Waals surface area (Å²) in [5, 5.41) is 4.32. The maximum atomic E-state index is 4.76. The lowest BCUT2D eigenvalue weighted by molar-refractivity contribution is 1.31. The number of H-pyrrole nitrogens is 1. The van der Waals surface area contributed by atoms with Gasteiger partial charge >= 0.3 is 0 Å². The van der Waals surface area contributed by atoms with E-state index in [1.165, 1.54) is 10.9 Å². The smallest absolute Gasteiger partial charge is 0.125 e. The first-order valence-electron chi connectivity index (χ1n) is 6.75. The van der Waals surface area contributed by atoms with E-state index in [2.05, 4.69) is 40.5 Å². The number of fused-ring (bicyclic) bond motifs is 1. The quantitative estimate of drug-likeness (QED) is 0.583. The van der Waals surface area contributed by atoms with E-state index >= 15 is 0 Å². The molecule has 102 valence electrons. The predicted molar refractivity (Wildman–Crippen MR) is 87.4 cm³/mol. The summed E-state index contributed by atoms with van der Waals surface area (Å²) in [5.41, 5.74) is 5.62. The van der Waals surface area contributed by atoms with Crippen LogP contribution in [0.2, 0.25) is 0 Å². The van der Waals surface area contributed by atoms with E-state index in [9.17, 15) is 0 Å². The average molecular weight is 291 g/mol. The number of rotatable bonds is 2. The molecule has 3 nitrogen and oxygen atoms in total. The molecule has 21 heavy (non-hydrogen) atoms. The number of nitrogens with zero attached hydrogens (tertiary/aromatic N) is 2. The van der Waals surface area contributed by atoms with Crippen molar-refractivity contribution in [1.29, 1.82) is 0 Å².